The molecule has 2 aromatic carbocycles. The Balaban J connectivity index is 1.26. The smallest absolute Gasteiger partial charge is 0.387 e. The van der Waals surface area contributed by atoms with Crippen LogP contribution in [-0.2, 0) is 14.3 Å². The van der Waals surface area contributed by atoms with E-state index in [-0.39, 0.29) is 35.4 Å². The van der Waals surface area contributed by atoms with Gasteiger partial charge in [0, 0.05) is 30.3 Å². The predicted molar refractivity (Wildman–Crippen MR) is 138 cm³/mol. The molecule has 2 atom stereocenters. The molecule has 1 saturated carbocycles. The number of esters is 1. The van der Waals surface area contributed by atoms with Gasteiger partial charge in [0.15, 0.2) is 0 Å². The average Bonchev–Trinajstić information content (AvgIpc) is 2.93. The van der Waals surface area contributed by atoms with Crippen LogP contribution in [0.5, 0.6) is 5.75 Å². The molecule has 0 radical (unpaired) electrons. The molecule has 2 aromatic rings. The van der Waals surface area contributed by atoms with E-state index in [0.29, 0.717) is 43.3 Å². The number of halogens is 2. The molecule has 1 heterocycles. The Morgan fingerprint density at radius 1 is 0.947 bits per heavy atom. The molecule has 0 bridgehead atoms. The molecular weight excluding hydrogens is 494 g/mol. The lowest BCUT2D eigenvalue weighted by atomic mass is 9.80. The number of hydrogen-bond donors (Lipinski definition) is 1. The number of carbonyl (C=O) groups is 3. The number of nitrogens with zero attached hydrogens (tertiary/aromatic N) is 1. The van der Waals surface area contributed by atoms with Crippen LogP contribution >= 0.6 is 0 Å². The second-order valence-corrected chi connectivity index (χ2v) is 9.89. The maximum absolute atomic E-state index is 13.1. The second kappa shape index (κ2) is 12.8. The lowest BCUT2D eigenvalue weighted by Crippen LogP contribution is -2.43. The molecule has 1 aliphatic heterocycles. The van der Waals surface area contributed by atoms with Crippen LogP contribution in [0.2, 0.25) is 0 Å². The zero-order valence-corrected chi connectivity index (χ0v) is 21.5. The fourth-order valence-electron chi connectivity index (χ4n) is 5.41. The minimum atomic E-state index is -2.91. The van der Waals surface area contributed by atoms with Gasteiger partial charge in [0.1, 0.15) is 5.75 Å². The molecule has 38 heavy (non-hydrogen) atoms. The van der Waals surface area contributed by atoms with E-state index in [4.69, 9.17) is 4.74 Å². The van der Waals surface area contributed by atoms with E-state index in [1.807, 2.05) is 29.2 Å². The molecule has 2 fully saturated rings. The zero-order valence-electron chi connectivity index (χ0n) is 21.5. The van der Waals surface area contributed by atoms with E-state index in [1.54, 1.807) is 6.92 Å². The number of rotatable bonds is 8. The molecule has 0 unspecified atom stereocenters. The highest BCUT2D eigenvalue weighted by Gasteiger charge is 2.35. The first-order valence-electron chi connectivity index (χ1n) is 13.3. The van der Waals surface area contributed by atoms with Gasteiger partial charge in [-0.2, -0.15) is 8.78 Å². The maximum Gasteiger partial charge on any atom is 0.387 e. The maximum atomic E-state index is 13.1. The van der Waals surface area contributed by atoms with Crippen molar-refractivity contribution in [3.63, 3.8) is 0 Å². The van der Waals surface area contributed by atoms with Crippen LogP contribution in [0.25, 0.3) is 0 Å². The Bertz CT molecular complexity index is 1100. The Morgan fingerprint density at radius 3 is 2.24 bits per heavy atom. The van der Waals surface area contributed by atoms with E-state index >= 15 is 0 Å². The predicted octanol–water partition coefficient (Wildman–Crippen LogP) is 5.62. The van der Waals surface area contributed by atoms with Crippen LogP contribution in [0.1, 0.15) is 67.3 Å². The monoisotopic (exact) mass is 528 g/mol. The molecule has 2 amide bonds. The topological polar surface area (TPSA) is 84.9 Å². The first-order valence-corrected chi connectivity index (χ1v) is 13.3. The number of ether oxygens (including phenoxy) is 2. The molecule has 1 N–H and O–H groups in total. The van der Waals surface area contributed by atoms with Gasteiger partial charge in [0.25, 0.3) is 5.91 Å². The second-order valence-electron chi connectivity index (χ2n) is 9.89. The number of carbonyl (C=O) groups excluding carboxylic acids is 3. The molecule has 0 aromatic heterocycles. The average molecular weight is 529 g/mol. The van der Waals surface area contributed by atoms with Crippen molar-refractivity contribution in [1.29, 1.82) is 0 Å². The highest BCUT2D eigenvalue weighted by Crippen LogP contribution is 2.34. The van der Waals surface area contributed by atoms with Crippen molar-refractivity contribution in [3.05, 3.63) is 59.7 Å². The fourth-order valence-corrected chi connectivity index (χ4v) is 5.41. The normalized spacial score (nSPS) is 20.2. The summed E-state index contributed by atoms with van der Waals surface area (Å²) in [6.45, 7) is 0.629. The van der Waals surface area contributed by atoms with Gasteiger partial charge in [-0.15, -0.1) is 0 Å². The largest absolute Gasteiger partial charge is 0.466 e. The van der Waals surface area contributed by atoms with Crippen molar-refractivity contribution in [2.24, 2.45) is 11.8 Å². The van der Waals surface area contributed by atoms with Crippen molar-refractivity contribution < 1.29 is 32.6 Å². The van der Waals surface area contributed by atoms with Crippen LogP contribution in [0.3, 0.4) is 0 Å². The molecular formula is C29H34F2N2O5. The Labute approximate surface area is 221 Å². The van der Waals surface area contributed by atoms with E-state index in [0.717, 1.165) is 37.7 Å². The number of amides is 2. The van der Waals surface area contributed by atoms with Crippen molar-refractivity contribution in [1.82, 2.24) is 4.90 Å². The lowest BCUT2D eigenvalue weighted by Gasteiger charge is -2.36. The fraction of sp³-hybridized carbons (Fsp3) is 0.483. The van der Waals surface area contributed by atoms with Crippen LogP contribution in [0, 0.1) is 11.8 Å². The molecule has 9 heteroatoms. The van der Waals surface area contributed by atoms with Crippen LogP contribution < -0.4 is 10.1 Å². The van der Waals surface area contributed by atoms with Crippen LogP contribution in [0.15, 0.2) is 48.5 Å². The Morgan fingerprint density at radius 2 is 1.61 bits per heavy atom. The van der Waals surface area contributed by atoms with Crippen molar-refractivity contribution in [2.45, 2.75) is 58.0 Å². The number of benzene rings is 2. The van der Waals surface area contributed by atoms with Crippen LogP contribution in [0.4, 0.5) is 14.5 Å². The SMILES string of the molecule is CCOC(=O)[C@@H]1CCC[C@H](C(=O)N2CCC(c3ccc(NC(=O)c4ccc(OC(F)F)cc4)cc3)CC2)C1. The third kappa shape index (κ3) is 7.08. The minimum Gasteiger partial charge on any atom is -0.466 e. The summed E-state index contributed by atoms with van der Waals surface area (Å²) in [5, 5.41) is 2.81. The first kappa shape index (κ1) is 27.5. The Hall–Kier alpha value is -3.49. The summed E-state index contributed by atoms with van der Waals surface area (Å²) in [7, 11) is 0. The number of nitrogens with one attached hydrogen (secondary N) is 1. The van der Waals surface area contributed by atoms with Gasteiger partial charge >= 0.3 is 12.6 Å². The number of piperidine rings is 1. The van der Waals surface area contributed by atoms with Crippen molar-refractivity contribution in [2.75, 3.05) is 25.0 Å². The van der Waals surface area contributed by atoms with E-state index < -0.39 is 6.61 Å². The Kier molecular flexibility index (Phi) is 9.31. The molecule has 4 rings (SSSR count). The van der Waals surface area contributed by atoms with E-state index in [9.17, 15) is 23.2 Å². The summed E-state index contributed by atoms with van der Waals surface area (Å²) in [5.74, 6) is -0.331. The number of hydrogen-bond acceptors (Lipinski definition) is 5. The van der Waals surface area contributed by atoms with E-state index in [2.05, 4.69) is 10.1 Å². The van der Waals surface area contributed by atoms with E-state index in [1.165, 1.54) is 24.3 Å². The molecule has 2 aliphatic rings. The quantitative estimate of drug-likeness (QED) is 0.450. The number of likely N-dealkylation sites (tertiary alicyclic amines) is 1. The van der Waals surface area contributed by atoms with Crippen molar-refractivity contribution >= 4 is 23.5 Å². The summed E-state index contributed by atoms with van der Waals surface area (Å²) < 4.78 is 34.1. The molecule has 0 spiro atoms. The molecule has 7 nitrogen and oxygen atoms in total. The van der Waals surface area contributed by atoms with Gasteiger partial charge in [0.05, 0.1) is 12.5 Å². The van der Waals surface area contributed by atoms with Gasteiger partial charge < -0.3 is 19.7 Å². The van der Waals surface area contributed by atoms with Gasteiger partial charge in [-0.05, 0) is 86.9 Å². The van der Waals surface area contributed by atoms with Gasteiger partial charge in [-0.25, -0.2) is 0 Å². The molecule has 204 valence electrons. The first-order chi connectivity index (χ1) is 18.3. The standard InChI is InChI=1S/C29H34F2N2O5/c1-2-37-28(36)23-5-3-4-22(18-23)27(35)33-16-14-20(15-17-33)19-6-10-24(11-7-19)32-26(34)21-8-12-25(13-9-21)38-29(30)31/h6-13,20,22-23,29H,2-5,14-18H2,1H3,(H,32,34)/t22-,23+/m0/s1. The highest BCUT2D eigenvalue weighted by molar-refractivity contribution is 6.04. The van der Waals surface area contributed by atoms with Gasteiger partial charge in [0.2, 0.25) is 5.91 Å². The summed E-state index contributed by atoms with van der Waals surface area (Å²) in [4.78, 5) is 39.7. The summed E-state index contributed by atoms with van der Waals surface area (Å²) in [6, 6.07) is 13.2. The third-order valence-electron chi connectivity index (χ3n) is 7.43. The summed E-state index contributed by atoms with van der Waals surface area (Å²) >= 11 is 0. The van der Waals surface area contributed by atoms with Crippen molar-refractivity contribution in [3.8, 4) is 5.75 Å². The molecule has 1 aliphatic carbocycles. The number of anilines is 1. The summed E-state index contributed by atoms with van der Waals surface area (Å²) in [6.07, 6.45) is 4.80. The van der Waals surface area contributed by atoms with Crippen LogP contribution in [-0.4, -0.2) is 49.0 Å². The van der Waals surface area contributed by atoms with Gasteiger partial charge in [-0.1, -0.05) is 18.6 Å². The van der Waals surface area contributed by atoms with Gasteiger partial charge in [-0.3, -0.25) is 14.4 Å². The third-order valence-corrected chi connectivity index (χ3v) is 7.43. The highest BCUT2D eigenvalue weighted by atomic mass is 19.3. The lowest BCUT2D eigenvalue weighted by molar-refractivity contribution is -0.151. The molecule has 1 saturated heterocycles. The number of alkyl halides is 2. The minimum absolute atomic E-state index is 0.00624. The summed E-state index contributed by atoms with van der Waals surface area (Å²) in [5.41, 5.74) is 2.12. The zero-order chi connectivity index (χ0) is 27.1.